The van der Waals surface area contributed by atoms with Gasteiger partial charge in [-0.2, -0.15) is 0 Å². The second-order valence-electron chi connectivity index (χ2n) is 6.78. The molecule has 1 N–H and O–H groups in total. The summed E-state index contributed by atoms with van der Waals surface area (Å²) >= 11 is 0. The van der Waals surface area contributed by atoms with Gasteiger partial charge in [-0.15, -0.1) is 0 Å². The minimum atomic E-state index is -0.460. The largest absolute Gasteiger partial charge is 0.387 e. The predicted molar refractivity (Wildman–Crippen MR) is 88.7 cm³/mol. The maximum Gasteiger partial charge on any atom is 0.0917 e. The molecule has 0 aliphatic heterocycles. The summed E-state index contributed by atoms with van der Waals surface area (Å²) in [5.41, 5.74) is 2.41. The summed E-state index contributed by atoms with van der Waals surface area (Å²) in [5, 5.41) is 10.5. The van der Waals surface area contributed by atoms with E-state index in [1.54, 1.807) is 7.11 Å². The molecule has 3 nitrogen and oxygen atoms in total. The van der Waals surface area contributed by atoms with Crippen molar-refractivity contribution in [2.75, 3.05) is 26.8 Å². The lowest BCUT2D eigenvalue weighted by Gasteiger charge is -2.29. The molecule has 0 fully saturated rings. The minimum Gasteiger partial charge on any atom is -0.387 e. The van der Waals surface area contributed by atoms with E-state index in [1.807, 2.05) is 12.1 Å². The molecule has 2 atom stereocenters. The molecule has 0 aromatic heterocycles. The van der Waals surface area contributed by atoms with Gasteiger partial charge < -0.3 is 9.84 Å². The number of hydrogen-bond acceptors (Lipinski definition) is 3. The summed E-state index contributed by atoms with van der Waals surface area (Å²) in [6.45, 7) is 13.1. The maximum absolute atomic E-state index is 10.5. The number of aliphatic hydroxyl groups excluding tert-OH is 1. The van der Waals surface area contributed by atoms with Gasteiger partial charge in [0.15, 0.2) is 0 Å². The van der Waals surface area contributed by atoms with Gasteiger partial charge in [-0.3, -0.25) is 4.90 Å². The Labute approximate surface area is 129 Å². The lowest BCUT2D eigenvalue weighted by molar-refractivity contribution is 0.0582. The fraction of sp³-hybridized carbons (Fsp3) is 0.667. The fourth-order valence-corrected chi connectivity index (χ4v) is 2.50. The Morgan fingerprint density at radius 2 is 1.76 bits per heavy atom. The van der Waals surface area contributed by atoms with Gasteiger partial charge in [0.05, 0.1) is 12.7 Å². The average Bonchev–Trinajstić information content (AvgIpc) is 2.43. The van der Waals surface area contributed by atoms with E-state index in [4.69, 9.17) is 4.74 Å². The highest BCUT2D eigenvalue weighted by atomic mass is 16.5. The smallest absolute Gasteiger partial charge is 0.0917 e. The first-order valence-corrected chi connectivity index (χ1v) is 7.81. The van der Waals surface area contributed by atoms with Crippen molar-refractivity contribution in [2.24, 2.45) is 0 Å². The number of ether oxygens (including phenoxy) is 1. The zero-order valence-electron chi connectivity index (χ0n) is 14.4. The van der Waals surface area contributed by atoms with Crippen molar-refractivity contribution in [1.29, 1.82) is 0 Å². The summed E-state index contributed by atoms with van der Waals surface area (Å²) < 4.78 is 5.20. The van der Waals surface area contributed by atoms with Gasteiger partial charge in [0, 0.05) is 19.7 Å². The van der Waals surface area contributed by atoms with Gasteiger partial charge in [-0.05, 0) is 30.0 Å². The number of rotatable bonds is 7. The first kappa shape index (κ1) is 18.1. The number of methoxy groups -OCH3 is 1. The van der Waals surface area contributed by atoms with E-state index in [0.29, 0.717) is 19.2 Å². The zero-order valence-corrected chi connectivity index (χ0v) is 14.4. The van der Waals surface area contributed by atoms with E-state index in [9.17, 15) is 5.11 Å². The Kier molecular flexibility index (Phi) is 6.85. The zero-order chi connectivity index (χ0) is 16.0. The van der Waals surface area contributed by atoms with Crippen LogP contribution < -0.4 is 0 Å². The molecule has 1 aromatic carbocycles. The average molecular weight is 293 g/mol. The van der Waals surface area contributed by atoms with E-state index < -0.39 is 6.10 Å². The molecule has 2 unspecified atom stereocenters. The van der Waals surface area contributed by atoms with E-state index in [0.717, 1.165) is 12.1 Å². The van der Waals surface area contributed by atoms with Crippen molar-refractivity contribution in [3.63, 3.8) is 0 Å². The Bertz CT molecular complexity index is 408. The first-order valence-electron chi connectivity index (χ1n) is 7.81. The summed E-state index contributed by atoms with van der Waals surface area (Å²) in [6, 6.07) is 8.63. The number of hydrogen-bond donors (Lipinski definition) is 1. The van der Waals surface area contributed by atoms with Gasteiger partial charge >= 0.3 is 0 Å². The summed E-state index contributed by atoms with van der Waals surface area (Å²) in [6.07, 6.45) is -0.460. The minimum absolute atomic E-state index is 0.145. The van der Waals surface area contributed by atoms with Gasteiger partial charge in [0.1, 0.15) is 0 Å². The molecule has 0 aliphatic rings. The molecule has 21 heavy (non-hydrogen) atoms. The lowest BCUT2D eigenvalue weighted by Crippen LogP contribution is -2.38. The molecule has 0 aliphatic carbocycles. The molecule has 1 aromatic rings. The van der Waals surface area contributed by atoms with Crippen molar-refractivity contribution in [3.05, 3.63) is 35.4 Å². The molecule has 0 bridgehead atoms. The van der Waals surface area contributed by atoms with Crippen molar-refractivity contribution >= 4 is 0 Å². The Hall–Kier alpha value is -0.900. The van der Waals surface area contributed by atoms with Gasteiger partial charge in [-0.1, -0.05) is 52.0 Å². The molecule has 0 saturated heterocycles. The molecule has 1 rings (SSSR count). The van der Waals surface area contributed by atoms with Crippen molar-refractivity contribution < 1.29 is 9.84 Å². The Balaban J connectivity index is 2.72. The Morgan fingerprint density at radius 1 is 1.19 bits per heavy atom. The third-order valence-electron chi connectivity index (χ3n) is 4.01. The molecular formula is C18H31NO2. The Morgan fingerprint density at radius 3 is 2.19 bits per heavy atom. The first-order chi connectivity index (χ1) is 9.79. The molecule has 0 radical (unpaired) electrons. The highest BCUT2D eigenvalue weighted by Gasteiger charge is 2.18. The fourth-order valence-electron chi connectivity index (χ4n) is 2.50. The molecule has 120 valence electrons. The molecular weight excluding hydrogens is 262 g/mol. The van der Waals surface area contributed by atoms with Crippen LogP contribution >= 0.6 is 0 Å². The predicted octanol–water partition coefficient (Wildman–Crippen LogP) is 3.37. The third-order valence-corrected chi connectivity index (χ3v) is 4.01. The van der Waals surface area contributed by atoms with Gasteiger partial charge in [-0.25, -0.2) is 0 Å². The van der Waals surface area contributed by atoms with Crippen LogP contribution in [0, 0.1) is 0 Å². The van der Waals surface area contributed by atoms with Crippen LogP contribution in [0.2, 0.25) is 0 Å². The second-order valence-corrected chi connectivity index (χ2v) is 6.78. The van der Waals surface area contributed by atoms with E-state index in [-0.39, 0.29) is 5.41 Å². The van der Waals surface area contributed by atoms with Gasteiger partial charge in [0.2, 0.25) is 0 Å². The van der Waals surface area contributed by atoms with E-state index >= 15 is 0 Å². The number of aliphatic hydroxyl groups is 1. The number of nitrogens with zero attached hydrogens (tertiary/aromatic N) is 1. The van der Waals surface area contributed by atoms with Crippen LogP contribution in [0.15, 0.2) is 24.3 Å². The number of likely N-dealkylation sites (N-methyl/N-ethyl adjacent to an activating group) is 1. The maximum atomic E-state index is 10.5. The van der Waals surface area contributed by atoms with Crippen LogP contribution in [0.1, 0.15) is 51.8 Å². The summed E-state index contributed by atoms with van der Waals surface area (Å²) in [7, 11) is 1.71. The van der Waals surface area contributed by atoms with Crippen molar-refractivity contribution in [3.8, 4) is 0 Å². The van der Waals surface area contributed by atoms with Crippen LogP contribution in [-0.4, -0.2) is 42.9 Å². The monoisotopic (exact) mass is 293 g/mol. The van der Waals surface area contributed by atoms with Crippen LogP contribution in [0.5, 0.6) is 0 Å². The van der Waals surface area contributed by atoms with Crippen LogP contribution in [0.25, 0.3) is 0 Å². The quantitative estimate of drug-likeness (QED) is 0.836. The van der Waals surface area contributed by atoms with E-state index in [1.165, 1.54) is 5.56 Å². The SMILES string of the molecule is CCN(CC(O)c1ccc(C(C)(C)C)cc1)C(C)COC. The standard InChI is InChI=1S/C18H31NO2/c1-7-19(14(2)13-21-6)12-17(20)15-8-10-16(11-9-15)18(3,4)5/h8-11,14,17,20H,7,12-13H2,1-6H3. The number of benzene rings is 1. The van der Waals surface area contributed by atoms with Gasteiger partial charge in [0.25, 0.3) is 0 Å². The topological polar surface area (TPSA) is 32.7 Å². The summed E-state index contributed by atoms with van der Waals surface area (Å²) in [5.74, 6) is 0. The lowest BCUT2D eigenvalue weighted by atomic mass is 9.86. The summed E-state index contributed by atoms with van der Waals surface area (Å²) in [4.78, 5) is 2.24. The van der Waals surface area contributed by atoms with Crippen molar-refractivity contribution in [2.45, 2.75) is 52.2 Å². The van der Waals surface area contributed by atoms with E-state index in [2.05, 4.69) is 51.7 Å². The third kappa shape index (κ3) is 5.42. The second kappa shape index (κ2) is 7.92. The van der Waals surface area contributed by atoms with Crippen molar-refractivity contribution in [1.82, 2.24) is 4.90 Å². The highest BCUT2D eigenvalue weighted by Crippen LogP contribution is 2.24. The molecule has 0 saturated carbocycles. The normalized spacial score (nSPS) is 15.2. The molecule has 0 spiro atoms. The highest BCUT2D eigenvalue weighted by molar-refractivity contribution is 5.28. The van der Waals surface area contributed by atoms with Crippen LogP contribution in [-0.2, 0) is 10.2 Å². The molecule has 0 amide bonds. The van der Waals surface area contributed by atoms with Crippen LogP contribution in [0.3, 0.4) is 0 Å². The van der Waals surface area contributed by atoms with Crippen LogP contribution in [0.4, 0.5) is 0 Å². The molecule has 0 heterocycles. The molecule has 3 heteroatoms.